The van der Waals surface area contributed by atoms with E-state index in [4.69, 9.17) is 9.72 Å². The highest BCUT2D eigenvalue weighted by Gasteiger charge is 2.43. The molecule has 1 aromatic carbocycles. The Morgan fingerprint density at radius 1 is 0.861 bits per heavy atom. The van der Waals surface area contributed by atoms with E-state index in [2.05, 4.69) is 61.7 Å². The summed E-state index contributed by atoms with van der Waals surface area (Å²) >= 11 is 0. The standard InChI is InChI=1S/C54H61N11O7/c1-31-27-60(35-10-13-62-36(22-35)11-18-72-46-23-39-34(21-43(46)62)29-65(51(39)69)42-6-8-48(67)58-50(42)68)14-15-61(31)37-5-7-47(56-26-37)57-41-19-33(28-59(4)52(41)70)38-9-12-55-49(40(38)30-66)64-17-16-63-44(53(64)71)20-32-24-54(2,3)25-45(32)63/h5,7,9,12,19-21,23,26,28,31,35-36,42,66H,6,8,10-11,13-18,22,24-25,27,29-30H2,1-4H3,(H,56,57)(H,58,67,68)/t31-,35-,36+,42?/m1/s1. The summed E-state index contributed by atoms with van der Waals surface area (Å²) in [6.07, 6.45) is 10.6. The van der Waals surface area contributed by atoms with Gasteiger partial charge in [0.15, 0.2) is 0 Å². The molecule has 3 fully saturated rings. The number of imide groups is 1. The molecule has 10 heterocycles. The van der Waals surface area contributed by atoms with Gasteiger partial charge in [-0.1, -0.05) is 13.8 Å². The van der Waals surface area contributed by atoms with Crippen molar-refractivity contribution < 1.29 is 29.0 Å². The molecule has 4 amide bonds. The van der Waals surface area contributed by atoms with Gasteiger partial charge < -0.3 is 39.0 Å². The van der Waals surface area contributed by atoms with E-state index in [1.54, 1.807) is 35.3 Å². The topological polar surface area (TPSA) is 191 Å². The van der Waals surface area contributed by atoms with Gasteiger partial charge in [0.05, 0.1) is 30.8 Å². The van der Waals surface area contributed by atoms with Crippen LogP contribution in [0.4, 0.5) is 28.7 Å². The number of ether oxygens (including phenoxy) is 1. The van der Waals surface area contributed by atoms with E-state index in [1.807, 2.05) is 36.5 Å². The van der Waals surface area contributed by atoms with E-state index < -0.39 is 11.9 Å². The van der Waals surface area contributed by atoms with E-state index in [9.17, 15) is 29.1 Å². The lowest BCUT2D eigenvalue weighted by molar-refractivity contribution is -0.136. The van der Waals surface area contributed by atoms with Crippen LogP contribution in [-0.4, -0.2) is 121 Å². The van der Waals surface area contributed by atoms with Crippen molar-refractivity contribution in [2.45, 2.75) is 110 Å². The molecule has 4 aromatic heterocycles. The quantitative estimate of drug-likeness (QED) is 0.181. The zero-order chi connectivity index (χ0) is 49.7. The third-order valence-electron chi connectivity index (χ3n) is 16.4. The molecule has 5 aromatic rings. The van der Waals surface area contributed by atoms with Crippen LogP contribution in [0.2, 0.25) is 0 Å². The number of hydrogen-bond donors (Lipinski definition) is 3. The second kappa shape index (κ2) is 17.6. The van der Waals surface area contributed by atoms with Gasteiger partial charge >= 0.3 is 0 Å². The van der Waals surface area contributed by atoms with E-state index in [1.165, 1.54) is 15.8 Å². The average molecular weight is 976 g/mol. The van der Waals surface area contributed by atoms with Crippen LogP contribution >= 0.6 is 0 Å². The van der Waals surface area contributed by atoms with Gasteiger partial charge in [-0.3, -0.25) is 39.1 Å². The second-order valence-corrected chi connectivity index (χ2v) is 21.6. The van der Waals surface area contributed by atoms with Crippen molar-refractivity contribution in [1.29, 1.82) is 0 Å². The maximum Gasteiger partial charge on any atom is 0.276 e. The highest BCUT2D eigenvalue weighted by atomic mass is 16.5. The van der Waals surface area contributed by atoms with E-state index in [-0.39, 0.29) is 53.8 Å². The second-order valence-electron chi connectivity index (χ2n) is 21.6. The Hall–Kier alpha value is -7.05. The van der Waals surface area contributed by atoms with Gasteiger partial charge in [0, 0.05) is 119 Å². The Morgan fingerprint density at radius 3 is 2.51 bits per heavy atom. The summed E-state index contributed by atoms with van der Waals surface area (Å²) in [6.45, 7) is 12.0. The van der Waals surface area contributed by atoms with E-state index in [0.717, 1.165) is 75.2 Å². The van der Waals surface area contributed by atoms with Crippen molar-refractivity contribution in [3.05, 3.63) is 105 Å². The third kappa shape index (κ3) is 7.89. The van der Waals surface area contributed by atoms with Crippen molar-refractivity contribution in [3.8, 4) is 16.9 Å². The molecular formula is C54H61N11O7. The summed E-state index contributed by atoms with van der Waals surface area (Å²) < 4.78 is 9.99. The molecule has 0 radical (unpaired) electrons. The number of piperidine rings is 2. The minimum absolute atomic E-state index is 0.130. The number of pyridine rings is 3. The first-order chi connectivity index (χ1) is 34.7. The minimum Gasteiger partial charge on any atom is -0.491 e. The Bertz CT molecular complexity index is 3130. The molecule has 6 aliphatic heterocycles. The number of aromatic nitrogens is 4. The Balaban J connectivity index is 0.694. The van der Waals surface area contributed by atoms with Crippen molar-refractivity contribution in [3.63, 3.8) is 0 Å². The predicted octanol–water partition coefficient (Wildman–Crippen LogP) is 4.76. The molecule has 1 unspecified atom stereocenters. The van der Waals surface area contributed by atoms with Gasteiger partial charge in [-0.2, -0.15) is 0 Å². The zero-order valence-corrected chi connectivity index (χ0v) is 41.3. The largest absolute Gasteiger partial charge is 0.491 e. The number of aliphatic hydroxyl groups excluding tert-OH is 1. The first kappa shape index (κ1) is 46.0. The van der Waals surface area contributed by atoms with Gasteiger partial charge in [0.1, 0.15) is 34.8 Å². The number of rotatable bonds is 8. The van der Waals surface area contributed by atoms with Crippen molar-refractivity contribution >= 4 is 52.3 Å². The van der Waals surface area contributed by atoms with Gasteiger partial charge in [-0.05, 0) is 104 Å². The summed E-state index contributed by atoms with van der Waals surface area (Å²) in [5, 5.41) is 16.5. The smallest absolute Gasteiger partial charge is 0.276 e. The Kier molecular flexibility index (Phi) is 11.3. The number of aliphatic hydroxyl groups is 1. The summed E-state index contributed by atoms with van der Waals surface area (Å²) in [5.74, 6) is 0.629. The molecule has 72 heavy (non-hydrogen) atoms. The number of nitrogens with zero attached hydrogens (tertiary/aromatic N) is 9. The number of carbonyl (C=O) groups excluding carboxylic acids is 4. The van der Waals surface area contributed by atoms with E-state index in [0.29, 0.717) is 89.7 Å². The normalized spacial score (nSPS) is 23.7. The van der Waals surface area contributed by atoms with Gasteiger partial charge in [-0.15, -0.1) is 0 Å². The monoisotopic (exact) mass is 975 g/mol. The Morgan fingerprint density at radius 2 is 1.72 bits per heavy atom. The molecule has 12 rings (SSSR count). The van der Waals surface area contributed by atoms with Crippen LogP contribution in [0.15, 0.2) is 65.8 Å². The number of anilines is 5. The van der Waals surface area contributed by atoms with Crippen LogP contribution in [0.1, 0.15) is 96.1 Å². The third-order valence-corrected chi connectivity index (χ3v) is 16.4. The molecule has 374 valence electrons. The van der Waals surface area contributed by atoms with E-state index >= 15 is 0 Å². The van der Waals surface area contributed by atoms with Crippen molar-refractivity contribution in [2.75, 3.05) is 59.3 Å². The minimum atomic E-state index is -0.657. The number of aryl methyl sites for hydroxylation is 1. The highest BCUT2D eigenvalue weighted by Crippen LogP contribution is 2.44. The predicted molar refractivity (Wildman–Crippen MR) is 271 cm³/mol. The van der Waals surface area contributed by atoms with Crippen LogP contribution in [0, 0.1) is 5.41 Å². The lowest BCUT2D eigenvalue weighted by Crippen LogP contribution is -2.58. The number of carbonyl (C=O) groups is 4. The number of amides is 4. The van der Waals surface area contributed by atoms with Gasteiger partial charge in [0.25, 0.3) is 17.4 Å². The fourth-order valence-corrected chi connectivity index (χ4v) is 12.9. The average Bonchev–Trinajstić information content (AvgIpc) is 3.93. The van der Waals surface area contributed by atoms with Crippen LogP contribution in [0.5, 0.6) is 5.75 Å². The molecule has 0 spiro atoms. The first-order valence-corrected chi connectivity index (χ1v) is 25.5. The lowest BCUT2D eigenvalue weighted by Gasteiger charge is -2.48. The van der Waals surface area contributed by atoms with Crippen LogP contribution in [0.3, 0.4) is 0 Å². The first-order valence-electron chi connectivity index (χ1n) is 25.5. The maximum absolute atomic E-state index is 14.0. The molecule has 18 nitrogen and oxygen atoms in total. The van der Waals surface area contributed by atoms with Crippen LogP contribution in [0.25, 0.3) is 11.1 Å². The van der Waals surface area contributed by atoms with Gasteiger partial charge in [-0.25, -0.2) is 9.97 Å². The fraction of sp³-hybridized carbons (Fsp3) is 0.463. The van der Waals surface area contributed by atoms with Crippen molar-refractivity contribution in [2.24, 2.45) is 12.5 Å². The van der Waals surface area contributed by atoms with Crippen LogP contribution < -0.4 is 35.6 Å². The SMILES string of the molecule is C[C@@H]1CN([C@@H]2CCN3c4cc5c(cc4OCC[C@H]3C2)C(=O)N(C2CCC(=O)NC2=O)C5)CCN1c1ccc(Nc2cc(-c3ccnc(N4CCn5c(cc6c5CC(C)(C)C6)C4=O)c3CO)cn(C)c2=O)nc1. The number of benzene rings is 1. The number of nitrogens with one attached hydrogen (secondary N) is 2. The van der Waals surface area contributed by atoms with Crippen LogP contribution in [-0.2, 0) is 49.2 Å². The molecule has 4 atom stereocenters. The summed E-state index contributed by atoms with van der Waals surface area (Å²) in [4.78, 5) is 85.8. The summed E-state index contributed by atoms with van der Waals surface area (Å²) in [7, 11) is 1.70. The number of piperazine rings is 1. The maximum atomic E-state index is 14.0. The molecular weight excluding hydrogens is 915 g/mol. The molecule has 3 saturated heterocycles. The molecule has 1 aliphatic carbocycles. The molecule has 0 saturated carbocycles. The van der Waals surface area contributed by atoms with Crippen molar-refractivity contribution in [1.82, 2.24) is 34.2 Å². The summed E-state index contributed by atoms with van der Waals surface area (Å²) in [6, 6.07) is 13.8. The molecule has 0 bridgehead atoms. The molecule has 18 heteroatoms. The highest BCUT2D eigenvalue weighted by molar-refractivity contribution is 6.07. The lowest BCUT2D eigenvalue weighted by atomic mass is 9.90. The zero-order valence-electron chi connectivity index (χ0n) is 41.3. The van der Waals surface area contributed by atoms with Gasteiger partial charge in [0.2, 0.25) is 11.8 Å². The number of fused-ring (bicyclic) bond motifs is 7. The fourth-order valence-electron chi connectivity index (χ4n) is 12.9. The molecule has 7 aliphatic rings. The summed E-state index contributed by atoms with van der Waals surface area (Å²) in [5.41, 5.74) is 8.78. The molecule has 3 N–H and O–H groups in total. The number of hydrogen-bond acceptors (Lipinski definition) is 13. The Labute approximate surface area is 417 Å².